The van der Waals surface area contributed by atoms with E-state index in [0.717, 1.165) is 20.0 Å². The molecular formula is C11H20N2O4. The van der Waals surface area contributed by atoms with Crippen molar-refractivity contribution >= 4 is 5.97 Å². The van der Waals surface area contributed by atoms with E-state index in [0.29, 0.717) is 6.73 Å². The van der Waals surface area contributed by atoms with E-state index >= 15 is 0 Å². The molecular weight excluding hydrogens is 224 g/mol. The van der Waals surface area contributed by atoms with Crippen LogP contribution in [0.25, 0.3) is 0 Å². The second-order valence-electron chi connectivity index (χ2n) is 3.51. The molecule has 6 nitrogen and oxygen atoms in total. The van der Waals surface area contributed by atoms with Gasteiger partial charge in [0.15, 0.2) is 6.73 Å². The number of carbonyl (C=O) groups is 1. The molecule has 0 saturated heterocycles. The summed E-state index contributed by atoms with van der Waals surface area (Å²) >= 11 is 0. The second kappa shape index (κ2) is 9.80. The number of hydrogen-bond donors (Lipinski definition) is 2. The quantitative estimate of drug-likeness (QED) is 0.506. The number of carbonyl (C=O) groups excluding carboxylic acids is 1. The number of unbranched alkanes of at least 4 members (excludes halogenated alkanes) is 1. The minimum atomic E-state index is -1.44. The van der Waals surface area contributed by atoms with Gasteiger partial charge in [0, 0.05) is 0 Å². The average molecular weight is 244 g/mol. The SMILES string of the molecule is CCCCOC[n+]1cc[nH]c1.C[C@H](O)C(=O)[O-]. The maximum atomic E-state index is 9.34. The molecule has 1 aromatic rings. The van der Waals surface area contributed by atoms with Crippen molar-refractivity contribution in [2.24, 2.45) is 0 Å². The molecule has 98 valence electrons. The molecule has 0 saturated carbocycles. The van der Waals surface area contributed by atoms with Gasteiger partial charge < -0.3 is 19.7 Å². The van der Waals surface area contributed by atoms with Gasteiger partial charge in [0.05, 0.1) is 18.7 Å². The second-order valence-corrected chi connectivity index (χ2v) is 3.51. The fourth-order valence-corrected chi connectivity index (χ4v) is 0.817. The maximum Gasteiger partial charge on any atom is 0.243 e. The standard InChI is InChI=1S/C8H14N2O.C3H6O3/c1-2-3-6-11-8-10-5-4-9-7-10;1-2(4)3(5)6/h4-5,7H,2-3,6,8H2,1H3;2,4H,1H3,(H,5,6)/t;2-/m.0/s1. The number of carboxylic acids is 1. The third-order valence-corrected chi connectivity index (χ3v) is 1.83. The number of rotatable bonds is 6. The molecule has 0 aliphatic rings. The summed E-state index contributed by atoms with van der Waals surface area (Å²) in [5.74, 6) is -1.44. The van der Waals surface area contributed by atoms with Crippen molar-refractivity contribution in [2.75, 3.05) is 6.61 Å². The van der Waals surface area contributed by atoms with Crippen molar-refractivity contribution in [3.63, 3.8) is 0 Å². The van der Waals surface area contributed by atoms with E-state index in [-0.39, 0.29) is 0 Å². The predicted octanol–water partition coefficient (Wildman–Crippen LogP) is -0.806. The van der Waals surface area contributed by atoms with E-state index in [1.807, 2.05) is 23.3 Å². The molecule has 0 bridgehead atoms. The number of carboxylic acid groups (broad SMARTS) is 1. The summed E-state index contributed by atoms with van der Waals surface area (Å²) in [5.41, 5.74) is 0. The third-order valence-electron chi connectivity index (χ3n) is 1.83. The average Bonchev–Trinajstić information content (AvgIpc) is 2.78. The molecule has 2 N–H and O–H groups in total. The Morgan fingerprint density at radius 1 is 1.65 bits per heavy atom. The van der Waals surface area contributed by atoms with Gasteiger partial charge in [-0.05, 0) is 13.3 Å². The van der Waals surface area contributed by atoms with E-state index in [4.69, 9.17) is 9.84 Å². The molecule has 0 aliphatic carbocycles. The van der Waals surface area contributed by atoms with Crippen LogP contribution in [0.15, 0.2) is 18.7 Å². The number of aliphatic hydroxyl groups is 1. The normalized spacial score (nSPS) is 11.5. The van der Waals surface area contributed by atoms with Crippen LogP contribution in [0, 0.1) is 0 Å². The van der Waals surface area contributed by atoms with E-state index in [9.17, 15) is 9.90 Å². The molecule has 0 spiro atoms. The third kappa shape index (κ3) is 9.52. The molecule has 0 radical (unpaired) electrons. The Bertz CT molecular complexity index is 286. The van der Waals surface area contributed by atoms with Gasteiger partial charge in [-0.3, -0.25) is 4.98 Å². The van der Waals surface area contributed by atoms with Gasteiger partial charge >= 0.3 is 0 Å². The minimum absolute atomic E-state index is 0.656. The highest BCUT2D eigenvalue weighted by atomic mass is 16.5. The molecule has 1 heterocycles. The fraction of sp³-hybridized carbons (Fsp3) is 0.636. The van der Waals surface area contributed by atoms with Crippen LogP contribution in [-0.4, -0.2) is 28.8 Å². The number of aliphatic hydroxyl groups excluding tert-OH is 1. The van der Waals surface area contributed by atoms with Crippen molar-refractivity contribution in [3.8, 4) is 0 Å². The molecule has 0 unspecified atom stereocenters. The summed E-state index contributed by atoms with van der Waals surface area (Å²) in [6.45, 7) is 4.81. The summed E-state index contributed by atoms with van der Waals surface area (Å²) in [4.78, 5) is 12.3. The van der Waals surface area contributed by atoms with Crippen molar-refractivity contribution < 1.29 is 24.3 Å². The molecule has 0 aromatic carbocycles. The number of aliphatic carboxylic acids is 1. The first kappa shape index (κ1) is 15.6. The summed E-state index contributed by atoms with van der Waals surface area (Å²) < 4.78 is 7.33. The Kier molecular flexibility index (Phi) is 8.99. The Balaban J connectivity index is 0.000000366. The lowest BCUT2D eigenvalue weighted by molar-refractivity contribution is -0.731. The number of nitrogens with zero attached hydrogens (tertiary/aromatic N) is 1. The highest BCUT2D eigenvalue weighted by Gasteiger charge is 1.94. The highest BCUT2D eigenvalue weighted by molar-refractivity contribution is 5.68. The lowest BCUT2D eigenvalue weighted by atomic mass is 10.4. The van der Waals surface area contributed by atoms with Crippen LogP contribution < -0.4 is 9.67 Å². The number of ether oxygens (including phenoxy) is 1. The van der Waals surface area contributed by atoms with E-state index < -0.39 is 12.1 Å². The van der Waals surface area contributed by atoms with Gasteiger partial charge in [0.2, 0.25) is 6.33 Å². The molecule has 1 aromatic heterocycles. The zero-order chi connectivity index (χ0) is 13.1. The highest BCUT2D eigenvalue weighted by Crippen LogP contribution is 1.86. The van der Waals surface area contributed by atoms with Crippen LogP contribution in [0.5, 0.6) is 0 Å². The zero-order valence-corrected chi connectivity index (χ0v) is 10.3. The lowest BCUT2D eigenvalue weighted by Gasteiger charge is -2.00. The van der Waals surface area contributed by atoms with Gasteiger partial charge in [-0.25, -0.2) is 4.57 Å². The molecule has 6 heteroatoms. The van der Waals surface area contributed by atoms with Crippen molar-refractivity contribution in [3.05, 3.63) is 18.7 Å². The van der Waals surface area contributed by atoms with E-state index in [1.54, 1.807) is 0 Å². The maximum absolute atomic E-state index is 9.34. The van der Waals surface area contributed by atoms with Crippen LogP contribution in [0.1, 0.15) is 26.7 Å². The first-order chi connectivity index (χ1) is 8.07. The first-order valence-corrected chi connectivity index (χ1v) is 5.56. The van der Waals surface area contributed by atoms with E-state index in [1.165, 1.54) is 6.42 Å². The molecule has 0 aliphatic heterocycles. The van der Waals surface area contributed by atoms with Gasteiger partial charge in [-0.15, -0.1) is 0 Å². The summed E-state index contributed by atoms with van der Waals surface area (Å²) in [5, 5.41) is 17.3. The van der Waals surface area contributed by atoms with Crippen LogP contribution in [0.4, 0.5) is 0 Å². The Morgan fingerprint density at radius 3 is 2.71 bits per heavy atom. The molecule has 17 heavy (non-hydrogen) atoms. The molecule has 0 fully saturated rings. The molecule has 1 rings (SSSR count). The zero-order valence-electron chi connectivity index (χ0n) is 10.3. The number of H-pyrrole nitrogens is 1. The molecule has 0 amide bonds. The number of nitrogens with one attached hydrogen (secondary N) is 1. The largest absolute Gasteiger partial charge is 0.547 e. The van der Waals surface area contributed by atoms with Gasteiger partial charge in [-0.2, -0.15) is 0 Å². The van der Waals surface area contributed by atoms with Crippen LogP contribution in [0.2, 0.25) is 0 Å². The number of aromatic nitrogens is 2. The fourth-order valence-electron chi connectivity index (χ4n) is 0.817. The predicted molar refractivity (Wildman–Crippen MR) is 58.5 cm³/mol. The lowest BCUT2D eigenvalue weighted by Crippen LogP contribution is -2.32. The number of hydrogen-bond acceptors (Lipinski definition) is 4. The van der Waals surface area contributed by atoms with Crippen molar-refractivity contribution in [1.82, 2.24) is 4.98 Å². The monoisotopic (exact) mass is 244 g/mol. The van der Waals surface area contributed by atoms with E-state index in [2.05, 4.69) is 11.9 Å². The number of aromatic amines is 1. The van der Waals surface area contributed by atoms with Crippen molar-refractivity contribution in [1.29, 1.82) is 0 Å². The Labute approximate surface area is 101 Å². The number of imidazole rings is 1. The van der Waals surface area contributed by atoms with Crippen LogP contribution in [-0.2, 0) is 16.3 Å². The first-order valence-electron chi connectivity index (χ1n) is 5.56. The van der Waals surface area contributed by atoms with Crippen LogP contribution >= 0.6 is 0 Å². The van der Waals surface area contributed by atoms with Crippen LogP contribution in [0.3, 0.4) is 0 Å². The summed E-state index contributed by atoms with van der Waals surface area (Å²) in [7, 11) is 0. The Morgan fingerprint density at radius 2 is 2.29 bits per heavy atom. The van der Waals surface area contributed by atoms with Gasteiger partial charge in [0.25, 0.3) is 0 Å². The summed E-state index contributed by atoms with van der Waals surface area (Å²) in [6.07, 6.45) is 6.70. The van der Waals surface area contributed by atoms with Gasteiger partial charge in [0.1, 0.15) is 12.4 Å². The minimum Gasteiger partial charge on any atom is -0.547 e. The summed E-state index contributed by atoms with van der Waals surface area (Å²) in [6, 6.07) is 0. The topological polar surface area (TPSA) is 89.3 Å². The smallest absolute Gasteiger partial charge is 0.243 e. The Hall–Kier alpha value is -1.40. The molecule has 1 atom stereocenters. The van der Waals surface area contributed by atoms with Crippen molar-refractivity contribution in [2.45, 2.75) is 39.5 Å². The van der Waals surface area contributed by atoms with Gasteiger partial charge in [-0.1, -0.05) is 13.3 Å².